The quantitative estimate of drug-likeness (QED) is 0.809. The molecule has 1 saturated heterocycles. The van der Waals surface area contributed by atoms with Crippen molar-refractivity contribution >= 4 is 10.0 Å². The molecular formula is C16H14FN3O2S. The number of sulfonamides is 1. The van der Waals surface area contributed by atoms with Gasteiger partial charge in [0.05, 0.1) is 16.5 Å². The number of nitrogens with zero attached hydrogens (tertiary/aromatic N) is 3. The van der Waals surface area contributed by atoms with E-state index in [0.717, 1.165) is 5.56 Å². The third kappa shape index (κ3) is 3.09. The summed E-state index contributed by atoms with van der Waals surface area (Å²) in [6.45, 7) is 0.750. The van der Waals surface area contributed by atoms with Crippen molar-refractivity contribution < 1.29 is 12.8 Å². The molecule has 1 atom stereocenters. The highest BCUT2D eigenvalue weighted by Gasteiger charge is 2.33. The second kappa shape index (κ2) is 6.07. The largest absolute Gasteiger partial charge is 0.243 e. The van der Waals surface area contributed by atoms with E-state index in [2.05, 4.69) is 4.98 Å². The lowest BCUT2D eigenvalue weighted by molar-refractivity contribution is 0.472. The SMILES string of the molecule is N#Cc1ccc(S(=O)(=O)N2CCC(c3ccc(F)nc3)C2)cc1. The van der Waals surface area contributed by atoms with Crippen LogP contribution in [0, 0.1) is 17.3 Å². The third-order valence-electron chi connectivity index (χ3n) is 3.99. The average Bonchev–Trinajstić information content (AvgIpc) is 3.06. The van der Waals surface area contributed by atoms with Crippen molar-refractivity contribution in [2.45, 2.75) is 17.2 Å². The smallest absolute Gasteiger partial charge is 0.228 e. The molecular weight excluding hydrogens is 317 g/mol. The Morgan fingerprint density at radius 1 is 1.22 bits per heavy atom. The van der Waals surface area contributed by atoms with E-state index in [-0.39, 0.29) is 10.8 Å². The number of halogens is 1. The second-order valence-corrected chi connectivity index (χ2v) is 7.34. The molecule has 7 heteroatoms. The molecule has 1 aromatic carbocycles. The van der Waals surface area contributed by atoms with Crippen molar-refractivity contribution in [2.24, 2.45) is 0 Å². The van der Waals surface area contributed by atoms with E-state index in [9.17, 15) is 12.8 Å². The zero-order chi connectivity index (χ0) is 16.4. The highest BCUT2D eigenvalue weighted by Crippen LogP contribution is 2.30. The third-order valence-corrected chi connectivity index (χ3v) is 5.87. The predicted octanol–water partition coefficient (Wildman–Crippen LogP) is 2.27. The standard InChI is InChI=1S/C16H14FN3O2S/c17-16-6-3-13(10-19-16)14-7-8-20(11-14)23(21,22)15-4-1-12(9-18)2-5-15/h1-6,10,14H,7-8,11H2. The van der Waals surface area contributed by atoms with Gasteiger partial charge in [-0.1, -0.05) is 6.07 Å². The van der Waals surface area contributed by atoms with Crippen LogP contribution in [0.5, 0.6) is 0 Å². The van der Waals surface area contributed by atoms with Crippen LogP contribution < -0.4 is 0 Å². The highest BCUT2D eigenvalue weighted by atomic mass is 32.2. The van der Waals surface area contributed by atoms with E-state index < -0.39 is 16.0 Å². The van der Waals surface area contributed by atoms with Gasteiger partial charge in [-0.25, -0.2) is 13.4 Å². The molecule has 1 fully saturated rings. The molecule has 0 radical (unpaired) electrons. The van der Waals surface area contributed by atoms with Crippen LogP contribution in [-0.2, 0) is 10.0 Å². The molecule has 2 heterocycles. The van der Waals surface area contributed by atoms with Crippen LogP contribution in [0.1, 0.15) is 23.5 Å². The van der Waals surface area contributed by atoms with Crippen molar-refractivity contribution in [1.82, 2.24) is 9.29 Å². The van der Waals surface area contributed by atoms with Crippen LogP contribution >= 0.6 is 0 Å². The van der Waals surface area contributed by atoms with Gasteiger partial charge in [0.2, 0.25) is 16.0 Å². The lowest BCUT2D eigenvalue weighted by atomic mass is 10.0. The number of hydrogen-bond donors (Lipinski definition) is 0. The van der Waals surface area contributed by atoms with E-state index >= 15 is 0 Å². The van der Waals surface area contributed by atoms with E-state index in [1.807, 2.05) is 6.07 Å². The molecule has 0 bridgehead atoms. The van der Waals surface area contributed by atoms with Gasteiger partial charge in [-0.05, 0) is 42.3 Å². The monoisotopic (exact) mass is 331 g/mol. The maximum absolute atomic E-state index is 12.9. The van der Waals surface area contributed by atoms with Gasteiger partial charge in [-0.15, -0.1) is 0 Å². The normalized spacial score (nSPS) is 18.7. The minimum Gasteiger partial charge on any atom is -0.228 e. The van der Waals surface area contributed by atoms with Crippen LogP contribution in [0.15, 0.2) is 47.5 Å². The molecule has 0 amide bonds. The Hall–Kier alpha value is -2.30. The van der Waals surface area contributed by atoms with Gasteiger partial charge in [0.1, 0.15) is 0 Å². The average molecular weight is 331 g/mol. The predicted molar refractivity (Wildman–Crippen MR) is 81.5 cm³/mol. The first-order valence-electron chi connectivity index (χ1n) is 7.12. The zero-order valence-electron chi connectivity index (χ0n) is 12.2. The Labute approximate surface area is 134 Å². The first-order valence-corrected chi connectivity index (χ1v) is 8.56. The molecule has 0 saturated carbocycles. The maximum Gasteiger partial charge on any atom is 0.243 e. The van der Waals surface area contributed by atoms with Crippen molar-refractivity contribution in [2.75, 3.05) is 13.1 Å². The Morgan fingerprint density at radius 3 is 2.57 bits per heavy atom. The summed E-state index contributed by atoms with van der Waals surface area (Å²) in [5, 5.41) is 8.78. The number of pyridine rings is 1. The van der Waals surface area contributed by atoms with Crippen LogP contribution in [0.25, 0.3) is 0 Å². The molecule has 1 aliphatic rings. The summed E-state index contributed by atoms with van der Waals surface area (Å²) < 4.78 is 39.6. The molecule has 3 rings (SSSR count). The van der Waals surface area contributed by atoms with Gasteiger partial charge in [0.15, 0.2) is 0 Å². The van der Waals surface area contributed by atoms with Gasteiger partial charge >= 0.3 is 0 Å². The lowest BCUT2D eigenvalue weighted by Gasteiger charge is -2.16. The van der Waals surface area contributed by atoms with Crippen molar-refractivity contribution in [3.8, 4) is 6.07 Å². The van der Waals surface area contributed by atoms with E-state index in [1.165, 1.54) is 40.8 Å². The molecule has 0 aliphatic carbocycles. The number of aromatic nitrogens is 1. The number of benzene rings is 1. The summed E-state index contributed by atoms with van der Waals surface area (Å²) in [5.41, 5.74) is 1.25. The fourth-order valence-corrected chi connectivity index (χ4v) is 4.20. The van der Waals surface area contributed by atoms with Crippen LogP contribution in [0.4, 0.5) is 4.39 Å². The van der Waals surface area contributed by atoms with Crippen LogP contribution in [0.3, 0.4) is 0 Å². The second-order valence-electron chi connectivity index (χ2n) is 5.40. The summed E-state index contributed by atoms with van der Waals surface area (Å²) >= 11 is 0. The molecule has 1 unspecified atom stereocenters. The fourth-order valence-electron chi connectivity index (χ4n) is 2.70. The molecule has 1 aromatic heterocycles. The Morgan fingerprint density at radius 2 is 1.96 bits per heavy atom. The molecule has 5 nitrogen and oxygen atoms in total. The fraction of sp³-hybridized carbons (Fsp3) is 0.250. The Kier molecular flexibility index (Phi) is 4.11. The summed E-state index contributed by atoms with van der Waals surface area (Å²) in [7, 11) is -3.58. The molecule has 23 heavy (non-hydrogen) atoms. The van der Waals surface area contributed by atoms with Gasteiger partial charge in [-0.2, -0.15) is 14.0 Å². The summed E-state index contributed by atoms with van der Waals surface area (Å²) in [4.78, 5) is 3.80. The summed E-state index contributed by atoms with van der Waals surface area (Å²) in [6.07, 6.45) is 2.13. The first kappa shape index (κ1) is 15.6. The minimum absolute atomic E-state index is 0.0104. The van der Waals surface area contributed by atoms with E-state index in [0.29, 0.717) is 25.1 Å². The van der Waals surface area contributed by atoms with E-state index in [1.54, 1.807) is 6.07 Å². The van der Waals surface area contributed by atoms with Gasteiger partial charge in [-0.3, -0.25) is 0 Å². The Bertz CT molecular complexity index is 842. The van der Waals surface area contributed by atoms with Crippen molar-refractivity contribution in [1.29, 1.82) is 5.26 Å². The molecule has 0 N–H and O–H groups in total. The first-order chi connectivity index (χ1) is 11.0. The van der Waals surface area contributed by atoms with Gasteiger partial charge < -0.3 is 0 Å². The summed E-state index contributed by atoms with van der Waals surface area (Å²) in [6, 6.07) is 10.8. The lowest BCUT2D eigenvalue weighted by Crippen LogP contribution is -2.28. The van der Waals surface area contributed by atoms with Crippen LogP contribution in [0.2, 0.25) is 0 Å². The highest BCUT2D eigenvalue weighted by molar-refractivity contribution is 7.89. The number of nitriles is 1. The molecule has 2 aromatic rings. The van der Waals surface area contributed by atoms with Gasteiger partial charge in [0.25, 0.3) is 0 Å². The van der Waals surface area contributed by atoms with Gasteiger partial charge in [0, 0.05) is 25.2 Å². The topological polar surface area (TPSA) is 74.1 Å². The zero-order valence-corrected chi connectivity index (χ0v) is 13.0. The van der Waals surface area contributed by atoms with Crippen molar-refractivity contribution in [3.63, 3.8) is 0 Å². The molecule has 1 aliphatic heterocycles. The number of hydrogen-bond acceptors (Lipinski definition) is 4. The van der Waals surface area contributed by atoms with Crippen LogP contribution in [-0.4, -0.2) is 30.8 Å². The number of rotatable bonds is 3. The minimum atomic E-state index is -3.58. The van der Waals surface area contributed by atoms with Crippen molar-refractivity contribution in [3.05, 3.63) is 59.7 Å². The maximum atomic E-state index is 12.9. The Balaban J connectivity index is 1.79. The summed E-state index contributed by atoms with van der Waals surface area (Å²) in [5.74, 6) is -0.537. The molecule has 118 valence electrons. The molecule has 0 spiro atoms. The van der Waals surface area contributed by atoms with E-state index in [4.69, 9.17) is 5.26 Å².